The zero-order chi connectivity index (χ0) is 16.8. The number of ketones is 1. The van der Waals surface area contributed by atoms with Gasteiger partial charge in [-0.25, -0.2) is 0 Å². The van der Waals surface area contributed by atoms with E-state index in [1.54, 1.807) is 0 Å². The lowest BCUT2D eigenvalue weighted by molar-refractivity contribution is -0.137. The highest BCUT2D eigenvalue weighted by Crippen LogP contribution is 2.51. The molecule has 0 spiro atoms. The first-order chi connectivity index (χ1) is 10.8. The van der Waals surface area contributed by atoms with Gasteiger partial charge in [-0.15, -0.1) is 0 Å². The predicted molar refractivity (Wildman–Crippen MR) is 83.6 cm³/mol. The zero-order valence-electron chi connectivity index (χ0n) is 13.7. The number of rotatable bonds is 4. The van der Waals surface area contributed by atoms with Gasteiger partial charge in [0.1, 0.15) is 17.5 Å². The van der Waals surface area contributed by atoms with E-state index in [0.717, 1.165) is 6.42 Å². The fourth-order valence-corrected chi connectivity index (χ4v) is 4.14. The van der Waals surface area contributed by atoms with Gasteiger partial charge in [-0.05, 0) is 32.1 Å². The minimum Gasteiger partial charge on any atom is -0.488 e. The number of aliphatic carboxylic acids is 1. The third kappa shape index (κ3) is 2.82. The summed E-state index contributed by atoms with van der Waals surface area (Å²) in [5.41, 5.74) is 1.42. The number of hydrogen-bond acceptors (Lipinski definition) is 4. The van der Waals surface area contributed by atoms with Crippen molar-refractivity contribution in [2.24, 2.45) is 11.8 Å². The van der Waals surface area contributed by atoms with Gasteiger partial charge in [0, 0.05) is 30.8 Å². The fraction of sp³-hybridized carbons (Fsp3) is 0.667. The molecule has 0 radical (unpaired) electrons. The zero-order valence-corrected chi connectivity index (χ0v) is 13.7. The van der Waals surface area contributed by atoms with Crippen LogP contribution in [-0.4, -0.2) is 33.7 Å². The Kier molecular flexibility index (Phi) is 4.08. The molecule has 23 heavy (non-hydrogen) atoms. The van der Waals surface area contributed by atoms with Crippen molar-refractivity contribution in [3.05, 3.63) is 23.0 Å². The lowest BCUT2D eigenvalue weighted by atomic mass is 9.74. The van der Waals surface area contributed by atoms with E-state index in [9.17, 15) is 14.7 Å². The summed E-state index contributed by atoms with van der Waals surface area (Å²) in [7, 11) is 0. The Bertz CT molecular complexity index is 603. The van der Waals surface area contributed by atoms with Crippen LogP contribution in [0.1, 0.15) is 52.4 Å². The van der Waals surface area contributed by atoms with Crippen LogP contribution in [0.4, 0.5) is 0 Å². The third-order valence-electron chi connectivity index (χ3n) is 5.58. The second-order valence-electron chi connectivity index (χ2n) is 7.23. The van der Waals surface area contributed by atoms with Crippen LogP contribution in [-0.2, 0) is 14.3 Å². The summed E-state index contributed by atoms with van der Waals surface area (Å²) >= 11 is 0. The van der Waals surface area contributed by atoms with Crippen molar-refractivity contribution in [1.29, 1.82) is 0 Å². The van der Waals surface area contributed by atoms with Gasteiger partial charge in [-0.1, -0.05) is 18.6 Å². The van der Waals surface area contributed by atoms with Crippen LogP contribution in [0.3, 0.4) is 0 Å². The molecule has 0 aromatic heterocycles. The third-order valence-corrected chi connectivity index (χ3v) is 5.58. The summed E-state index contributed by atoms with van der Waals surface area (Å²) in [6.45, 7) is 4.07. The highest BCUT2D eigenvalue weighted by atomic mass is 16.5. The van der Waals surface area contributed by atoms with E-state index in [-0.39, 0.29) is 24.0 Å². The Morgan fingerprint density at radius 2 is 2.26 bits per heavy atom. The minimum absolute atomic E-state index is 0.0804. The quantitative estimate of drug-likeness (QED) is 0.778. The van der Waals surface area contributed by atoms with Gasteiger partial charge in [0.2, 0.25) is 0 Å². The number of ether oxygens (including phenoxy) is 1. The monoisotopic (exact) mass is 320 g/mol. The van der Waals surface area contributed by atoms with Crippen LogP contribution in [0, 0.1) is 11.8 Å². The number of carboxylic acids is 1. The van der Waals surface area contributed by atoms with Gasteiger partial charge in [0.15, 0.2) is 5.78 Å². The van der Waals surface area contributed by atoms with E-state index in [1.165, 1.54) is 5.57 Å². The van der Waals surface area contributed by atoms with E-state index in [1.807, 2.05) is 13.8 Å². The molecule has 0 aromatic rings. The second-order valence-corrected chi connectivity index (χ2v) is 7.23. The van der Waals surface area contributed by atoms with E-state index < -0.39 is 17.7 Å². The first kappa shape index (κ1) is 16.2. The van der Waals surface area contributed by atoms with E-state index >= 15 is 0 Å². The van der Waals surface area contributed by atoms with E-state index in [4.69, 9.17) is 9.84 Å². The Hall–Kier alpha value is -1.62. The van der Waals surface area contributed by atoms with Gasteiger partial charge in [-0.3, -0.25) is 9.59 Å². The van der Waals surface area contributed by atoms with Crippen molar-refractivity contribution < 1.29 is 24.5 Å². The number of carboxylic acid groups (broad SMARTS) is 1. The largest absolute Gasteiger partial charge is 0.488 e. The molecule has 4 atom stereocenters. The van der Waals surface area contributed by atoms with Crippen LogP contribution in [0.25, 0.3) is 0 Å². The van der Waals surface area contributed by atoms with Gasteiger partial charge in [-0.2, -0.15) is 0 Å². The normalized spacial score (nSPS) is 34.4. The molecule has 5 nitrogen and oxygen atoms in total. The highest BCUT2D eigenvalue weighted by molar-refractivity contribution is 5.97. The Morgan fingerprint density at radius 3 is 2.96 bits per heavy atom. The molecule has 1 aliphatic heterocycles. The van der Waals surface area contributed by atoms with Crippen molar-refractivity contribution in [2.45, 2.75) is 64.1 Å². The molecule has 1 unspecified atom stereocenters. The Balaban J connectivity index is 1.82. The highest BCUT2D eigenvalue weighted by Gasteiger charge is 2.50. The predicted octanol–water partition coefficient (Wildman–Crippen LogP) is 2.59. The number of Topliss-reactive ketones (excluding diaryl/α,β-unsaturated/α-hetero) is 1. The first-order valence-electron chi connectivity index (χ1n) is 8.37. The molecule has 1 heterocycles. The number of fused-ring (bicyclic) bond motifs is 1. The molecule has 0 aromatic carbocycles. The van der Waals surface area contributed by atoms with Gasteiger partial charge >= 0.3 is 5.97 Å². The molecule has 0 bridgehead atoms. The standard InChI is InChI=1S/C18H24O5/c1-10(3-6-16(21)22)11-7-8-18(2)13(11)9-12-14(19)4-5-15(20)17(12)23-18/h7,10,13,15,20H,3-6,8-9H2,1-2H3,(H,21,22)/t10?,13-,15-,18+/m0/s1. The SMILES string of the molecule is CC(CCC(=O)O)C1=CC[C@@]2(C)OC3=C(C[C@@H]12)C(=O)CC[C@@H]3O. The van der Waals surface area contributed by atoms with Gasteiger partial charge < -0.3 is 14.9 Å². The van der Waals surface area contributed by atoms with Gasteiger partial charge in [0.05, 0.1) is 0 Å². The van der Waals surface area contributed by atoms with Crippen LogP contribution in [0.15, 0.2) is 23.0 Å². The molecule has 2 aliphatic carbocycles. The maximum Gasteiger partial charge on any atom is 0.303 e. The molecule has 0 amide bonds. The summed E-state index contributed by atoms with van der Waals surface area (Å²) < 4.78 is 6.13. The summed E-state index contributed by atoms with van der Waals surface area (Å²) in [5.74, 6) is 0.0323. The molecule has 0 fully saturated rings. The smallest absolute Gasteiger partial charge is 0.303 e. The molecule has 2 N–H and O–H groups in total. The Labute approximate surface area is 136 Å². The molecule has 3 aliphatic rings. The molecule has 126 valence electrons. The second kappa shape index (κ2) is 5.78. The molecule has 5 heteroatoms. The summed E-state index contributed by atoms with van der Waals surface area (Å²) in [6, 6.07) is 0. The van der Waals surface area contributed by atoms with Crippen molar-refractivity contribution >= 4 is 11.8 Å². The van der Waals surface area contributed by atoms with Crippen LogP contribution >= 0.6 is 0 Å². The lowest BCUT2D eigenvalue weighted by Crippen LogP contribution is -2.44. The molecular formula is C18H24O5. The minimum atomic E-state index is -0.784. The lowest BCUT2D eigenvalue weighted by Gasteiger charge is -2.43. The average Bonchev–Trinajstić information content (AvgIpc) is 2.84. The number of carbonyl (C=O) groups is 2. The average molecular weight is 320 g/mol. The first-order valence-corrected chi connectivity index (χ1v) is 8.37. The number of hydrogen-bond donors (Lipinski definition) is 2. The molecule has 0 saturated heterocycles. The van der Waals surface area contributed by atoms with Crippen molar-refractivity contribution in [3.63, 3.8) is 0 Å². The van der Waals surface area contributed by atoms with Crippen LogP contribution in [0.2, 0.25) is 0 Å². The van der Waals surface area contributed by atoms with Crippen LogP contribution in [0.5, 0.6) is 0 Å². The number of carbonyl (C=O) groups excluding carboxylic acids is 1. The topological polar surface area (TPSA) is 83.8 Å². The van der Waals surface area contributed by atoms with E-state index in [2.05, 4.69) is 6.08 Å². The fourth-order valence-electron chi connectivity index (χ4n) is 4.14. The van der Waals surface area contributed by atoms with E-state index in [0.29, 0.717) is 37.0 Å². The van der Waals surface area contributed by atoms with Crippen molar-refractivity contribution in [2.75, 3.05) is 0 Å². The van der Waals surface area contributed by atoms with Gasteiger partial charge in [0.25, 0.3) is 0 Å². The summed E-state index contributed by atoms with van der Waals surface area (Å²) in [5, 5.41) is 19.0. The number of aliphatic hydroxyl groups excluding tert-OH is 1. The maximum absolute atomic E-state index is 12.2. The summed E-state index contributed by atoms with van der Waals surface area (Å²) in [4.78, 5) is 23.0. The maximum atomic E-state index is 12.2. The number of allylic oxidation sites excluding steroid dienone is 1. The van der Waals surface area contributed by atoms with Crippen molar-refractivity contribution in [1.82, 2.24) is 0 Å². The summed E-state index contributed by atoms with van der Waals surface area (Å²) in [6.07, 6.45) is 4.37. The van der Waals surface area contributed by atoms with Crippen LogP contribution < -0.4 is 0 Å². The Morgan fingerprint density at radius 1 is 1.52 bits per heavy atom. The molecular weight excluding hydrogens is 296 g/mol. The molecule has 3 rings (SSSR count). The molecule has 0 saturated carbocycles. The van der Waals surface area contributed by atoms with Crippen molar-refractivity contribution in [3.8, 4) is 0 Å². The number of aliphatic hydroxyl groups is 1.